The Morgan fingerprint density at radius 2 is 1.45 bits per heavy atom. The fourth-order valence-corrected chi connectivity index (χ4v) is 5.67. The number of nitrogens with one attached hydrogen (secondary N) is 2. The summed E-state index contributed by atoms with van der Waals surface area (Å²) in [5, 5.41) is 15.8. The summed E-state index contributed by atoms with van der Waals surface area (Å²) >= 11 is 0. The number of rotatable bonds is 16. The van der Waals surface area contributed by atoms with Crippen molar-refractivity contribution in [2.24, 2.45) is 0 Å². The molecular formula is C39H53N3O5. The molecule has 2 unspecified atom stereocenters. The van der Waals surface area contributed by atoms with Crippen molar-refractivity contribution in [3.8, 4) is 5.75 Å². The number of aromatic hydroxyl groups is 1. The predicted octanol–water partition coefficient (Wildman–Crippen LogP) is 7.69. The molecule has 0 aromatic heterocycles. The minimum atomic E-state index is -1.02. The number of hydrogen-bond acceptors (Lipinski definition) is 5. The molecule has 0 heterocycles. The van der Waals surface area contributed by atoms with Gasteiger partial charge in [0.25, 0.3) is 0 Å². The number of carbonyl (C=O) groups excluding carboxylic acids is 3. The zero-order valence-electron chi connectivity index (χ0n) is 29.0. The Morgan fingerprint density at radius 3 is 2.06 bits per heavy atom. The largest absolute Gasteiger partial charge is 0.508 e. The Morgan fingerprint density at radius 1 is 0.830 bits per heavy atom. The molecule has 3 rings (SSSR count). The summed E-state index contributed by atoms with van der Waals surface area (Å²) in [6.45, 7) is 12.1. The quantitative estimate of drug-likeness (QED) is 0.139. The predicted molar refractivity (Wildman–Crippen MR) is 187 cm³/mol. The maximum Gasteiger partial charge on any atom is 0.408 e. The lowest BCUT2D eigenvalue weighted by Crippen LogP contribution is -2.54. The molecule has 3 N–H and O–H groups in total. The second-order valence-corrected chi connectivity index (χ2v) is 13.4. The van der Waals surface area contributed by atoms with Crippen LogP contribution in [0.25, 0.3) is 0 Å². The number of carbonyl (C=O) groups is 3. The van der Waals surface area contributed by atoms with Crippen LogP contribution in [0.15, 0.2) is 72.8 Å². The van der Waals surface area contributed by atoms with E-state index in [1.807, 2.05) is 62.4 Å². The lowest BCUT2D eigenvalue weighted by atomic mass is 9.97. The molecule has 0 bridgehead atoms. The molecule has 0 aliphatic carbocycles. The fraction of sp³-hybridized carbons (Fsp3) is 0.462. The first-order valence-electron chi connectivity index (χ1n) is 16.8. The number of alkyl carbamates (subject to hydrolysis) is 1. The van der Waals surface area contributed by atoms with Crippen LogP contribution in [0.4, 0.5) is 4.79 Å². The van der Waals surface area contributed by atoms with Gasteiger partial charge in [-0.15, -0.1) is 0 Å². The summed E-state index contributed by atoms with van der Waals surface area (Å²) in [4.78, 5) is 43.8. The zero-order chi connectivity index (χ0) is 34.4. The van der Waals surface area contributed by atoms with Gasteiger partial charge in [0, 0.05) is 19.5 Å². The van der Waals surface area contributed by atoms with Crippen LogP contribution in [0, 0.1) is 13.8 Å². The van der Waals surface area contributed by atoms with Gasteiger partial charge in [0.15, 0.2) is 0 Å². The minimum absolute atomic E-state index is 0.103. The molecule has 254 valence electrons. The van der Waals surface area contributed by atoms with Crippen molar-refractivity contribution in [2.45, 2.75) is 111 Å². The molecule has 8 heteroatoms. The lowest BCUT2D eigenvalue weighted by molar-refractivity contribution is -0.142. The normalized spacial score (nSPS) is 12.6. The van der Waals surface area contributed by atoms with Gasteiger partial charge in [-0.2, -0.15) is 0 Å². The van der Waals surface area contributed by atoms with E-state index in [9.17, 15) is 19.5 Å². The third kappa shape index (κ3) is 12.8. The van der Waals surface area contributed by atoms with Gasteiger partial charge < -0.3 is 25.4 Å². The molecule has 0 spiro atoms. The number of nitrogens with zero attached hydrogens (tertiary/aromatic N) is 1. The van der Waals surface area contributed by atoms with Crippen molar-refractivity contribution in [3.63, 3.8) is 0 Å². The monoisotopic (exact) mass is 643 g/mol. The van der Waals surface area contributed by atoms with Crippen molar-refractivity contribution >= 4 is 17.9 Å². The van der Waals surface area contributed by atoms with Gasteiger partial charge in [0.05, 0.1) is 0 Å². The summed E-state index contributed by atoms with van der Waals surface area (Å²) in [5.74, 6) is -0.568. The summed E-state index contributed by atoms with van der Waals surface area (Å²) in [5.41, 5.74) is 3.61. The van der Waals surface area contributed by atoms with Crippen LogP contribution >= 0.6 is 0 Å². The van der Waals surface area contributed by atoms with Gasteiger partial charge in [0.2, 0.25) is 11.8 Å². The van der Waals surface area contributed by atoms with E-state index < -0.39 is 23.8 Å². The zero-order valence-corrected chi connectivity index (χ0v) is 29.0. The van der Waals surface area contributed by atoms with Crippen LogP contribution in [0.5, 0.6) is 5.75 Å². The molecule has 3 aromatic rings. The van der Waals surface area contributed by atoms with Crippen molar-refractivity contribution in [1.29, 1.82) is 0 Å². The van der Waals surface area contributed by atoms with Crippen LogP contribution in [0.2, 0.25) is 0 Å². The van der Waals surface area contributed by atoms with Gasteiger partial charge >= 0.3 is 6.09 Å². The molecule has 47 heavy (non-hydrogen) atoms. The number of ether oxygens (including phenoxy) is 1. The third-order valence-electron chi connectivity index (χ3n) is 7.83. The molecule has 0 aliphatic heterocycles. The second kappa shape index (κ2) is 18.1. The topological polar surface area (TPSA) is 108 Å². The first kappa shape index (κ1) is 37.1. The van der Waals surface area contributed by atoms with Crippen LogP contribution in [0.3, 0.4) is 0 Å². The highest BCUT2D eigenvalue weighted by molar-refractivity contribution is 5.92. The Labute approximate surface area is 280 Å². The highest BCUT2D eigenvalue weighted by atomic mass is 16.6. The van der Waals surface area contributed by atoms with E-state index in [0.29, 0.717) is 25.1 Å². The van der Waals surface area contributed by atoms with Crippen LogP contribution in [0.1, 0.15) is 100 Å². The summed E-state index contributed by atoms with van der Waals surface area (Å²) in [7, 11) is 0. The molecule has 0 fully saturated rings. The Balaban J connectivity index is 2.04. The molecule has 0 saturated heterocycles. The number of unbranched alkanes of at least 4 members (excludes halogenated alkanes) is 5. The van der Waals surface area contributed by atoms with E-state index in [0.717, 1.165) is 54.4 Å². The van der Waals surface area contributed by atoms with Gasteiger partial charge in [-0.05, 0) is 69.9 Å². The van der Waals surface area contributed by atoms with Crippen molar-refractivity contribution in [1.82, 2.24) is 15.5 Å². The molecule has 0 radical (unpaired) electrons. The van der Waals surface area contributed by atoms with Gasteiger partial charge in [-0.1, -0.05) is 111 Å². The number of phenols is 1. The number of benzene rings is 3. The van der Waals surface area contributed by atoms with E-state index in [4.69, 9.17) is 4.74 Å². The maximum absolute atomic E-state index is 14.8. The second-order valence-electron chi connectivity index (χ2n) is 13.4. The number of amides is 3. The Hall–Kier alpha value is -4.33. The van der Waals surface area contributed by atoms with Gasteiger partial charge in [-0.3, -0.25) is 9.59 Å². The van der Waals surface area contributed by atoms with E-state index in [-0.39, 0.29) is 24.0 Å². The van der Waals surface area contributed by atoms with Gasteiger partial charge in [0.1, 0.15) is 23.4 Å². The van der Waals surface area contributed by atoms with E-state index in [2.05, 4.69) is 17.6 Å². The first-order chi connectivity index (χ1) is 22.4. The number of hydrogen-bond donors (Lipinski definition) is 3. The molecule has 2 atom stereocenters. The SMILES string of the molecule is CCCCCCCCN(C(=O)C(Cc1ccc(O)cc1)NC(=O)OC(C)(C)C)C(C(=O)NCc1ccccc1)c1cc(C)cc(C)c1. The van der Waals surface area contributed by atoms with Crippen LogP contribution in [-0.2, 0) is 27.3 Å². The number of aryl methyl sites for hydroxylation is 2. The van der Waals surface area contributed by atoms with Crippen LogP contribution < -0.4 is 10.6 Å². The smallest absolute Gasteiger partial charge is 0.408 e. The standard InChI is InChI=1S/C39H53N3O5/c1-7-8-9-10-11-15-22-42(37(45)34(41-38(46)47-39(4,5)6)26-30-18-20-33(43)21-19-30)35(32-24-28(2)23-29(3)25-32)36(44)40-27-31-16-13-12-14-17-31/h12-14,16-21,23-25,34-35,43H,7-11,15,22,26-27H2,1-6H3,(H,40,44)(H,41,46). The summed E-state index contributed by atoms with van der Waals surface area (Å²) in [6, 6.07) is 20.2. The maximum atomic E-state index is 14.8. The lowest BCUT2D eigenvalue weighted by Gasteiger charge is -2.35. The molecule has 3 aromatic carbocycles. The Kier molecular flexibility index (Phi) is 14.3. The molecule has 8 nitrogen and oxygen atoms in total. The van der Waals surface area contributed by atoms with Crippen LogP contribution in [-0.4, -0.2) is 46.1 Å². The van der Waals surface area contributed by atoms with E-state index >= 15 is 0 Å². The average molecular weight is 644 g/mol. The summed E-state index contributed by atoms with van der Waals surface area (Å²) in [6.07, 6.45) is 5.50. The van der Waals surface area contributed by atoms with E-state index in [1.165, 1.54) is 0 Å². The average Bonchev–Trinajstić information content (AvgIpc) is 3.00. The molecule has 0 aliphatic rings. The van der Waals surface area contributed by atoms with Gasteiger partial charge in [-0.25, -0.2) is 4.79 Å². The fourth-order valence-electron chi connectivity index (χ4n) is 5.67. The first-order valence-corrected chi connectivity index (χ1v) is 16.8. The van der Waals surface area contributed by atoms with Crippen molar-refractivity contribution in [3.05, 3.63) is 101 Å². The molecule has 0 saturated carbocycles. The van der Waals surface area contributed by atoms with Crippen molar-refractivity contribution in [2.75, 3.05) is 6.54 Å². The highest BCUT2D eigenvalue weighted by Gasteiger charge is 2.36. The van der Waals surface area contributed by atoms with Crippen molar-refractivity contribution < 1.29 is 24.2 Å². The summed E-state index contributed by atoms with van der Waals surface area (Å²) < 4.78 is 5.56. The Bertz CT molecular complexity index is 1410. The molecular weight excluding hydrogens is 590 g/mol. The molecule has 3 amide bonds. The van der Waals surface area contributed by atoms with E-state index in [1.54, 1.807) is 49.9 Å². The minimum Gasteiger partial charge on any atom is -0.508 e. The number of phenolic OH excluding ortho intramolecular Hbond substituents is 1. The third-order valence-corrected chi connectivity index (χ3v) is 7.83. The highest BCUT2D eigenvalue weighted by Crippen LogP contribution is 2.27.